The van der Waals surface area contributed by atoms with Gasteiger partial charge in [0.15, 0.2) is 0 Å². The highest BCUT2D eigenvalue weighted by atomic mass is 32.2. The van der Waals surface area contributed by atoms with Crippen LogP contribution >= 0.6 is 0 Å². The van der Waals surface area contributed by atoms with Gasteiger partial charge in [-0.2, -0.15) is 8.42 Å². The predicted octanol–water partition coefficient (Wildman–Crippen LogP) is 3.85. The summed E-state index contributed by atoms with van der Waals surface area (Å²) in [7, 11) is -1.94. The molecule has 1 fully saturated rings. The smallest absolute Gasteiger partial charge is 0.283 e. The Bertz CT molecular complexity index is 1320. The Kier molecular flexibility index (Phi) is 5.97. The number of nitrogens with one attached hydrogen (secondary N) is 1. The summed E-state index contributed by atoms with van der Waals surface area (Å²) in [4.78, 5) is 19.3. The maximum atomic E-state index is 12.7. The summed E-state index contributed by atoms with van der Waals surface area (Å²) in [5.41, 5.74) is 4.21. The number of carbonyl (C=O) groups excluding carboxylic acids is 1. The summed E-state index contributed by atoms with van der Waals surface area (Å²) in [6.07, 6.45) is 1.75. The Morgan fingerprint density at radius 2 is 1.84 bits per heavy atom. The van der Waals surface area contributed by atoms with Gasteiger partial charge in [0.25, 0.3) is 10.0 Å². The normalized spacial score (nSPS) is 15.5. The molecule has 7 nitrogen and oxygen atoms in total. The molecule has 0 bridgehead atoms. The number of amidine groups is 1. The number of hydrogen-bond donors (Lipinski definition) is 1. The van der Waals surface area contributed by atoms with Gasteiger partial charge in [0.05, 0.1) is 16.8 Å². The minimum Gasteiger partial charge on any atom is -0.362 e. The standard InChI is InChI=1S/C24H26N4O3S/c1-16-20-7-4-5-8-22(20)25-17(2)21(16)15-24(29)26-18-10-12-19(13-11-18)32(30,31)27-23-9-6-14-28(23)3/h4-5,7-8,10-13H,6,9,14-15H2,1-3H3,(H,26,29)/b27-23+. The molecule has 1 N–H and O–H groups in total. The number of hydrogen-bond acceptors (Lipinski definition) is 4. The molecule has 2 aromatic carbocycles. The molecule has 0 aliphatic carbocycles. The van der Waals surface area contributed by atoms with E-state index in [4.69, 9.17) is 0 Å². The number of likely N-dealkylation sites (tertiary alicyclic amines) is 1. The molecule has 3 aromatic rings. The minimum atomic E-state index is -3.78. The summed E-state index contributed by atoms with van der Waals surface area (Å²) in [5, 5.41) is 3.88. The molecule has 1 amide bonds. The molecule has 0 unspecified atom stereocenters. The van der Waals surface area contributed by atoms with Gasteiger partial charge >= 0.3 is 0 Å². The lowest BCUT2D eigenvalue weighted by atomic mass is 9.99. The maximum Gasteiger partial charge on any atom is 0.283 e. The van der Waals surface area contributed by atoms with Crippen molar-refractivity contribution < 1.29 is 13.2 Å². The van der Waals surface area contributed by atoms with Crippen LogP contribution in [0.3, 0.4) is 0 Å². The van der Waals surface area contributed by atoms with Crippen LogP contribution in [0.5, 0.6) is 0 Å². The van der Waals surface area contributed by atoms with E-state index < -0.39 is 10.0 Å². The van der Waals surface area contributed by atoms with E-state index in [-0.39, 0.29) is 17.2 Å². The Morgan fingerprint density at radius 3 is 2.53 bits per heavy atom. The van der Waals surface area contributed by atoms with E-state index in [2.05, 4.69) is 14.7 Å². The quantitative estimate of drug-likeness (QED) is 0.638. The van der Waals surface area contributed by atoms with E-state index in [0.717, 1.165) is 40.7 Å². The van der Waals surface area contributed by atoms with Gasteiger partial charge in [0.2, 0.25) is 5.91 Å². The fourth-order valence-corrected chi connectivity index (χ4v) is 5.10. The van der Waals surface area contributed by atoms with E-state index in [1.165, 1.54) is 12.1 Å². The van der Waals surface area contributed by atoms with Crippen LogP contribution in [0.15, 0.2) is 57.8 Å². The van der Waals surface area contributed by atoms with Crippen molar-refractivity contribution in [3.8, 4) is 0 Å². The second kappa shape index (κ2) is 8.70. The van der Waals surface area contributed by atoms with E-state index in [0.29, 0.717) is 17.9 Å². The first-order valence-electron chi connectivity index (χ1n) is 10.5. The van der Waals surface area contributed by atoms with Gasteiger partial charge in [-0.15, -0.1) is 4.40 Å². The molecule has 0 spiro atoms. The first kappa shape index (κ1) is 22.0. The van der Waals surface area contributed by atoms with Crippen LogP contribution in [0.2, 0.25) is 0 Å². The number of rotatable bonds is 5. The number of nitrogens with zero attached hydrogens (tertiary/aromatic N) is 3. The van der Waals surface area contributed by atoms with Crippen molar-refractivity contribution in [2.24, 2.45) is 4.40 Å². The number of sulfonamides is 1. The van der Waals surface area contributed by atoms with Gasteiger partial charge in [-0.1, -0.05) is 18.2 Å². The second-order valence-electron chi connectivity index (χ2n) is 8.07. The van der Waals surface area contributed by atoms with Crippen molar-refractivity contribution in [1.82, 2.24) is 9.88 Å². The van der Waals surface area contributed by atoms with Crippen LogP contribution < -0.4 is 5.32 Å². The lowest BCUT2D eigenvalue weighted by Crippen LogP contribution is -2.20. The SMILES string of the molecule is Cc1nc2ccccc2c(C)c1CC(=O)Nc1ccc(S(=O)(=O)/N=C2\CCCN2C)cc1. The maximum absolute atomic E-state index is 12.7. The zero-order valence-corrected chi connectivity index (χ0v) is 19.2. The number of fused-ring (bicyclic) bond motifs is 1. The van der Waals surface area contributed by atoms with Gasteiger partial charge in [-0.05, 0) is 61.7 Å². The lowest BCUT2D eigenvalue weighted by molar-refractivity contribution is -0.115. The monoisotopic (exact) mass is 450 g/mol. The van der Waals surface area contributed by atoms with Crippen molar-refractivity contribution in [2.75, 3.05) is 18.9 Å². The zero-order chi connectivity index (χ0) is 22.9. The predicted molar refractivity (Wildman–Crippen MR) is 126 cm³/mol. The van der Waals surface area contributed by atoms with Gasteiger partial charge in [-0.3, -0.25) is 9.78 Å². The molecular formula is C24H26N4O3S. The summed E-state index contributed by atoms with van der Waals surface area (Å²) in [6, 6.07) is 14.0. The number of para-hydroxylation sites is 1. The van der Waals surface area contributed by atoms with Crippen LogP contribution in [0.1, 0.15) is 29.7 Å². The first-order valence-corrected chi connectivity index (χ1v) is 12.0. The van der Waals surface area contributed by atoms with Gasteiger partial charge in [-0.25, -0.2) is 0 Å². The first-order chi connectivity index (χ1) is 15.2. The number of pyridine rings is 1. The molecule has 0 saturated carbocycles. The molecule has 1 aliphatic heterocycles. The Balaban J connectivity index is 1.48. The fourth-order valence-electron chi connectivity index (χ4n) is 4.01. The average Bonchev–Trinajstić information content (AvgIpc) is 3.15. The number of aryl methyl sites for hydroxylation is 2. The van der Waals surface area contributed by atoms with Crippen LogP contribution in [0, 0.1) is 13.8 Å². The third kappa shape index (κ3) is 4.50. The fraction of sp³-hybridized carbons (Fsp3) is 0.292. The summed E-state index contributed by atoms with van der Waals surface area (Å²) in [5.74, 6) is 0.397. The number of aromatic nitrogens is 1. The van der Waals surface area contributed by atoms with E-state index in [1.807, 2.05) is 50.1 Å². The van der Waals surface area contributed by atoms with Gasteiger partial charge < -0.3 is 10.2 Å². The van der Waals surface area contributed by atoms with E-state index in [1.54, 1.807) is 12.1 Å². The van der Waals surface area contributed by atoms with Crippen molar-refractivity contribution in [1.29, 1.82) is 0 Å². The molecule has 32 heavy (non-hydrogen) atoms. The third-order valence-corrected chi connectivity index (χ3v) is 7.14. The van der Waals surface area contributed by atoms with Crippen molar-refractivity contribution in [3.63, 3.8) is 0 Å². The molecule has 8 heteroatoms. The van der Waals surface area contributed by atoms with Crippen LogP contribution in [-0.2, 0) is 21.2 Å². The van der Waals surface area contributed by atoms with Crippen LogP contribution in [0.25, 0.3) is 10.9 Å². The second-order valence-corrected chi connectivity index (χ2v) is 9.68. The largest absolute Gasteiger partial charge is 0.362 e. The van der Waals surface area contributed by atoms with Gasteiger partial charge in [0, 0.05) is 36.8 Å². The van der Waals surface area contributed by atoms with Crippen molar-refractivity contribution in [2.45, 2.75) is 38.0 Å². The highest BCUT2D eigenvalue weighted by molar-refractivity contribution is 7.90. The Hall–Kier alpha value is -3.26. The number of carbonyl (C=O) groups is 1. The van der Waals surface area contributed by atoms with Crippen LogP contribution in [-0.4, -0.2) is 43.6 Å². The molecule has 2 heterocycles. The molecule has 4 rings (SSSR count). The number of anilines is 1. The average molecular weight is 451 g/mol. The number of benzene rings is 2. The van der Waals surface area contributed by atoms with Crippen molar-refractivity contribution >= 4 is 38.4 Å². The summed E-state index contributed by atoms with van der Waals surface area (Å²) >= 11 is 0. The highest BCUT2D eigenvalue weighted by Gasteiger charge is 2.20. The minimum absolute atomic E-state index is 0.105. The third-order valence-electron chi connectivity index (χ3n) is 5.82. The van der Waals surface area contributed by atoms with Crippen molar-refractivity contribution in [3.05, 3.63) is 65.4 Å². The molecule has 1 aromatic heterocycles. The zero-order valence-electron chi connectivity index (χ0n) is 18.4. The molecule has 0 radical (unpaired) electrons. The lowest BCUT2D eigenvalue weighted by Gasteiger charge is -2.13. The van der Waals surface area contributed by atoms with E-state index >= 15 is 0 Å². The molecule has 0 atom stereocenters. The number of amides is 1. The molecule has 166 valence electrons. The molecular weight excluding hydrogens is 424 g/mol. The Labute approximate surface area is 188 Å². The summed E-state index contributed by atoms with van der Waals surface area (Å²) < 4.78 is 29.1. The summed E-state index contributed by atoms with van der Waals surface area (Å²) in [6.45, 7) is 4.72. The molecule has 1 aliphatic rings. The van der Waals surface area contributed by atoms with Crippen LogP contribution in [0.4, 0.5) is 5.69 Å². The van der Waals surface area contributed by atoms with E-state index in [9.17, 15) is 13.2 Å². The topological polar surface area (TPSA) is 91.7 Å². The highest BCUT2D eigenvalue weighted by Crippen LogP contribution is 2.24. The van der Waals surface area contributed by atoms with Gasteiger partial charge in [0.1, 0.15) is 5.84 Å². The Morgan fingerprint density at radius 1 is 1.12 bits per heavy atom. The molecule has 1 saturated heterocycles.